The molecule has 6 nitrogen and oxygen atoms in total. The SMILES string of the molecule is CN=C(NCc1ncnn1C)N1CCc2ccccc21.I. The Morgan fingerprint density at radius 1 is 1.38 bits per heavy atom. The molecule has 1 aliphatic heterocycles. The van der Waals surface area contributed by atoms with Crippen molar-refractivity contribution in [2.75, 3.05) is 18.5 Å². The van der Waals surface area contributed by atoms with Crippen molar-refractivity contribution in [2.45, 2.75) is 13.0 Å². The van der Waals surface area contributed by atoms with Gasteiger partial charge in [-0.3, -0.25) is 9.67 Å². The number of halogens is 1. The minimum Gasteiger partial charge on any atom is -0.349 e. The van der Waals surface area contributed by atoms with Gasteiger partial charge in [-0.25, -0.2) is 4.98 Å². The summed E-state index contributed by atoms with van der Waals surface area (Å²) >= 11 is 0. The van der Waals surface area contributed by atoms with Crippen LogP contribution in [-0.4, -0.2) is 34.3 Å². The molecule has 1 aromatic carbocycles. The Labute approximate surface area is 141 Å². The predicted octanol–water partition coefficient (Wildman–Crippen LogP) is 1.57. The first-order chi connectivity index (χ1) is 9.79. The van der Waals surface area contributed by atoms with Gasteiger partial charge in [0.15, 0.2) is 5.96 Å². The zero-order chi connectivity index (χ0) is 13.9. The van der Waals surface area contributed by atoms with Crippen molar-refractivity contribution >= 4 is 35.6 Å². The van der Waals surface area contributed by atoms with Crippen molar-refractivity contribution in [3.63, 3.8) is 0 Å². The number of fused-ring (bicyclic) bond motifs is 1. The number of aryl methyl sites for hydroxylation is 1. The molecule has 0 radical (unpaired) electrons. The fraction of sp³-hybridized carbons (Fsp3) is 0.357. The predicted molar refractivity (Wildman–Crippen MR) is 94.1 cm³/mol. The van der Waals surface area contributed by atoms with Crippen LogP contribution >= 0.6 is 24.0 Å². The third-order valence-corrected chi connectivity index (χ3v) is 3.56. The molecule has 1 aliphatic rings. The molecule has 0 saturated carbocycles. The topological polar surface area (TPSA) is 58.3 Å². The number of hydrogen-bond donors (Lipinski definition) is 1. The number of hydrogen-bond acceptors (Lipinski definition) is 3. The van der Waals surface area contributed by atoms with E-state index in [9.17, 15) is 0 Å². The molecule has 112 valence electrons. The van der Waals surface area contributed by atoms with Crippen LogP contribution in [0.5, 0.6) is 0 Å². The van der Waals surface area contributed by atoms with E-state index in [4.69, 9.17) is 0 Å². The summed E-state index contributed by atoms with van der Waals surface area (Å²) in [5, 5.41) is 7.41. The maximum absolute atomic E-state index is 4.37. The van der Waals surface area contributed by atoms with Gasteiger partial charge in [0, 0.05) is 26.3 Å². The van der Waals surface area contributed by atoms with Crippen molar-refractivity contribution in [1.82, 2.24) is 20.1 Å². The van der Waals surface area contributed by atoms with Crippen molar-refractivity contribution in [1.29, 1.82) is 0 Å². The standard InChI is InChI=1S/C14H18N6.HI/c1-15-14(16-9-13-17-10-18-19(13)2)20-8-7-11-5-3-4-6-12(11)20;/h3-6,10H,7-9H2,1-2H3,(H,15,16);1H. The summed E-state index contributed by atoms with van der Waals surface area (Å²) in [6, 6.07) is 8.45. The highest BCUT2D eigenvalue weighted by molar-refractivity contribution is 14.0. The lowest BCUT2D eigenvalue weighted by Gasteiger charge is -2.22. The normalized spacial score (nSPS) is 13.8. The average Bonchev–Trinajstić information content (AvgIpc) is 3.07. The maximum Gasteiger partial charge on any atom is 0.198 e. The Morgan fingerprint density at radius 3 is 2.90 bits per heavy atom. The monoisotopic (exact) mass is 398 g/mol. The Morgan fingerprint density at radius 2 is 2.19 bits per heavy atom. The molecule has 0 aliphatic carbocycles. The smallest absolute Gasteiger partial charge is 0.198 e. The van der Waals surface area contributed by atoms with Gasteiger partial charge in [-0.1, -0.05) is 18.2 Å². The molecular weight excluding hydrogens is 379 g/mol. The lowest BCUT2D eigenvalue weighted by atomic mass is 10.2. The minimum absolute atomic E-state index is 0. The summed E-state index contributed by atoms with van der Waals surface area (Å²) in [6.07, 6.45) is 2.62. The van der Waals surface area contributed by atoms with Gasteiger partial charge in [-0.2, -0.15) is 5.10 Å². The van der Waals surface area contributed by atoms with E-state index in [1.807, 2.05) is 7.05 Å². The Hall–Kier alpha value is -1.64. The zero-order valence-electron chi connectivity index (χ0n) is 12.2. The number of aromatic nitrogens is 3. The Bertz CT molecular complexity index is 636. The quantitative estimate of drug-likeness (QED) is 0.474. The van der Waals surface area contributed by atoms with E-state index in [0.29, 0.717) is 6.54 Å². The molecule has 2 aromatic rings. The second-order valence-electron chi connectivity index (χ2n) is 4.73. The number of aliphatic imine (C=N–C) groups is 1. The molecule has 3 rings (SSSR count). The fourth-order valence-corrected chi connectivity index (χ4v) is 2.49. The van der Waals surface area contributed by atoms with Crippen molar-refractivity contribution < 1.29 is 0 Å². The van der Waals surface area contributed by atoms with Crippen LogP contribution in [0.1, 0.15) is 11.4 Å². The van der Waals surface area contributed by atoms with Crippen molar-refractivity contribution in [3.8, 4) is 0 Å². The first-order valence-electron chi connectivity index (χ1n) is 6.68. The molecule has 0 fully saturated rings. The number of nitrogens with zero attached hydrogens (tertiary/aromatic N) is 5. The van der Waals surface area contributed by atoms with E-state index in [1.54, 1.807) is 18.1 Å². The number of benzene rings is 1. The molecule has 0 unspecified atom stereocenters. The van der Waals surface area contributed by atoms with Gasteiger partial charge >= 0.3 is 0 Å². The highest BCUT2D eigenvalue weighted by Gasteiger charge is 2.22. The van der Waals surface area contributed by atoms with Crippen LogP contribution in [0.4, 0.5) is 5.69 Å². The van der Waals surface area contributed by atoms with Gasteiger partial charge in [0.05, 0.1) is 6.54 Å². The van der Waals surface area contributed by atoms with Crippen LogP contribution in [-0.2, 0) is 20.0 Å². The summed E-state index contributed by atoms with van der Waals surface area (Å²) in [7, 11) is 3.69. The van der Waals surface area contributed by atoms with Crippen LogP contribution in [0.15, 0.2) is 35.6 Å². The number of nitrogens with one attached hydrogen (secondary N) is 1. The van der Waals surface area contributed by atoms with Gasteiger partial charge in [0.25, 0.3) is 0 Å². The van der Waals surface area contributed by atoms with E-state index < -0.39 is 0 Å². The van der Waals surface area contributed by atoms with Crippen LogP contribution in [0.3, 0.4) is 0 Å². The van der Waals surface area contributed by atoms with Crippen LogP contribution in [0.2, 0.25) is 0 Å². The molecule has 0 atom stereocenters. The largest absolute Gasteiger partial charge is 0.349 e. The summed E-state index contributed by atoms with van der Waals surface area (Å²) in [6.45, 7) is 1.57. The zero-order valence-corrected chi connectivity index (χ0v) is 14.5. The first-order valence-corrected chi connectivity index (χ1v) is 6.68. The Balaban J connectivity index is 0.00000161. The number of para-hydroxylation sites is 1. The number of anilines is 1. The molecule has 0 bridgehead atoms. The summed E-state index contributed by atoms with van der Waals surface area (Å²) in [5.74, 6) is 1.76. The number of guanidine groups is 1. The van der Waals surface area contributed by atoms with Gasteiger partial charge < -0.3 is 10.2 Å². The van der Waals surface area contributed by atoms with E-state index in [2.05, 4.69) is 49.6 Å². The lowest BCUT2D eigenvalue weighted by molar-refractivity contribution is 0.678. The van der Waals surface area contributed by atoms with Crippen LogP contribution < -0.4 is 10.2 Å². The summed E-state index contributed by atoms with van der Waals surface area (Å²) in [5.41, 5.74) is 2.60. The van der Waals surface area contributed by atoms with Crippen molar-refractivity contribution in [2.24, 2.45) is 12.0 Å². The van der Waals surface area contributed by atoms with E-state index >= 15 is 0 Å². The molecule has 0 spiro atoms. The molecule has 2 heterocycles. The number of rotatable bonds is 2. The minimum atomic E-state index is 0. The second kappa shape index (κ2) is 6.88. The van der Waals surface area contributed by atoms with Crippen molar-refractivity contribution in [3.05, 3.63) is 42.0 Å². The molecule has 21 heavy (non-hydrogen) atoms. The highest BCUT2D eigenvalue weighted by Crippen LogP contribution is 2.27. The molecular formula is C14H19IN6. The third-order valence-electron chi connectivity index (χ3n) is 3.56. The second-order valence-corrected chi connectivity index (χ2v) is 4.73. The van der Waals surface area contributed by atoms with Crippen LogP contribution in [0, 0.1) is 0 Å². The Kier molecular flexibility index (Phi) is 5.16. The molecule has 0 saturated heterocycles. The molecule has 7 heteroatoms. The summed E-state index contributed by atoms with van der Waals surface area (Å²) in [4.78, 5) is 10.8. The molecule has 0 amide bonds. The lowest BCUT2D eigenvalue weighted by Crippen LogP contribution is -2.40. The van der Waals surface area contributed by atoms with Gasteiger partial charge in [-0.05, 0) is 18.1 Å². The van der Waals surface area contributed by atoms with E-state index in [1.165, 1.54) is 11.3 Å². The van der Waals surface area contributed by atoms with E-state index in [-0.39, 0.29) is 24.0 Å². The van der Waals surface area contributed by atoms with Gasteiger partial charge in [0.1, 0.15) is 12.2 Å². The highest BCUT2D eigenvalue weighted by atomic mass is 127. The molecule has 1 N–H and O–H groups in total. The van der Waals surface area contributed by atoms with Crippen LogP contribution in [0.25, 0.3) is 0 Å². The average molecular weight is 398 g/mol. The van der Waals surface area contributed by atoms with E-state index in [0.717, 1.165) is 24.7 Å². The fourth-order valence-electron chi connectivity index (χ4n) is 2.49. The third kappa shape index (κ3) is 3.17. The molecule has 1 aromatic heterocycles. The maximum atomic E-state index is 4.37. The van der Waals surface area contributed by atoms with Gasteiger partial charge in [-0.15, -0.1) is 24.0 Å². The first kappa shape index (κ1) is 15.7. The summed E-state index contributed by atoms with van der Waals surface area (Å²) < 4.78 is 1.76. The van der Waals surface area contributed by atoms with Gasteiger partial charge in [0.2, 0.25) is 0 Å².